The third-order valence-corrected chi connectivity index (χ3v) is 4.43. The second-order valence-electron chi connectivity index (χ2n) is 7.87. The first-order chi connectivity index (χ1) is 13.9. The van der Waals surface area contributed by atoms with E-state index in [1.807, 2.05) is 30.3 Å². The second kappa shape index (κ2) is 11.5. The third kappa shape index (κ3) is 9.21. The van der Waals surface area contributed by atoms with Crippen molar-refractivity contribution in [1.29, 1.82) is 0 Å². The molecule has 30 heavy (non-hydrogen) atoms. The van der Waals surface area contributed by atoms with E-state index in [0.29, 0.717) is 6.42 Å². The van der Waals surface area contributed by atoms with Crippen LogP contribution in [0.15, 0.2) is 30.3 Å². The highest BCUT2D eigenvalue weighted by atomic mass is 32.1. The molecule has 0 saturated heterocycles. The number of esters is 1. The van der Waals surface area contributed by atoms with E-state index < -0.39 is 41.7 Å². The molecule has 0 heterocycles. The lowest BCUT2D eigenvalue weighted by atomic mass is 10.1. The highest BCUT2D eigenvalue weighted by Gasteiger charge is 2.26. The Morgan fingerprint density at radius 3 is 2.13 bits per heavy atom. The monoisotopic (exact) mass is 437 g/mol. The summed E-state index contributed by atoms with van der Waals surface area (Å²) in [5.41, 5.74) is 0.257. The minimum absolute atomic E-state index is 0.265. The number of hydrogen-bond donors (Lipinski definition) is 3. The Hall–Kier alpha value is -2.68. The first-order valence-electron chi connectivity index (χ1n) is 9.65. The van der Waals surface area contributed by atoms with E-state index in [1.54, 1.807) is 34.6 Å². The van der Waals surface area contributed by atoms with E-state index >= 15 is 0 Å². The van der Waals surface area contributed by atoms with Gasteiger partial charge in [-0.3, -0.25) is 4.79 Å². The Morgan fingerprint density at radius 1 is 1.00 bits per heavy atom. The lowest BCUT2D eigenvalue weighted by Crippen LogP contribution is -2.54. The Morgan fingerprint density at radius 2 is 1.60 bits per heavy atom. The van der Waals surface area contributed by atoms with Crippen molar-refractivity contribution >= 4 is 35.2 Å². The van der Waals surface area contributed by atoms with Crippen LogP contribution in [0.4, 0.5) is 4.79 Å². The molecule has 0 bridgehead atoms. The van der Waals surface area contributed by atoms with E-state index in [-0.39, 0.29) is 4.99 Å². The van der Waals surface area contributed by atoms with Gasteiger partial charge in [-0.15, -0.1) is 0 Å². The molecule has 0 aliphatic rings. The Kier molecular flexibility index (Phi) is 9.71. The molecule has 0 unspecified atom stereocenters. The summed E-state index contributed by atoms with van der Waals surface area (Å²) < 4.78 is 10.00. The van der Waals surface area contributed by atoms with Crippen LogP contribution in [0, 0.1) is 0 Å². The van der Waals surface area contributed by atoms with Crippen LogP contribution >= 0.6 is 12.2 Å². The van der Waals surface area contributed by atoms with Crippen molar-refractivity contribution in [2.75, 3.05) is 7.11 Å². The van der Waals surface area contributed by atoms with Gasteiger partial charge in [0.15, 0.2) is 0 Å². The summed E-state index contributed by atoms with van der Waals surface area (Å²) in [5, 5.41) is 8.17. The van der Waals surface area contributed by atoms with Crippen molar-refractivity contribution in [2.45, 2.75) is 64.8 Å². The summed E-state index contributed by atoms with van der Waals surface area (Å²) in [4.78, 5) is 36.8. The largest absolute Gasteiger partial charge is 0.467 e. The van der Waals surface area contributed by atoms with Crippen LogP contribution in [0.3, 0.4) is 0 Å². The van der Waals surface area contributed by atoms with Gasteiger partial charge in [0, 0.05) is 6.42 Å². The molecule has 2 amide bonds. The van der Waals surface area contributed by atoms with Gasteiger partial charge in [-0.25, -0.2) is 9.59 Å². The molecule has 0 aromatic heterocycles. The van der Waals surface area contributed by atoms with Gasteiger partial charge in [-0.2, -0.15) is 0 Å². The number of carbonyl (C=O) groups is 3. The normalized spacial score (nSPS) is 13.9. The number of methoxy groups -OCH3 is 1. The topological polar surface area (TPSA) is 106 Å². The minimum atomic E-state index is -0.833. The molecule has 8 nitrogen and oxygen atoms in total. The van der Waals surface area contributed by atoms with Gasteiger partial charge in [0.2, 0.25) is 5.91 Å². The van der Waals surface area contributed by atoms with Crippen LogP contribution in [0.1, 0.15) is 40.2 Å². The van der Waals surface area contributed by atoms with Crippen molar-refractivity contribution in [3.63, 3.8) is 0 Å². The molecule has 166 valence electrons. The zero-order chi connectivity index (χ0) is 22.9. The fourth-order valence-electron chi connectivity index (χ4n) is 2.44. The molecule has 0 saturated carbocycles. The SMILES string of the molecule is COC(=O)[C@H](Cc1ccccc1)NC(=O)[C@H](C)NC(=S)[C@H](C)NC(=O)OC(C)(C)C. The van der Waals surface area contributed by atoms with Crippen molar-refractivity contribution in [2.24, 2.45) is 0 Å². The fourth-order valence-corrected chi connectivity index (χ4v) is 2.67. The predicted octanol–water partition coefficient (Wildman–Crippen LogP) is 2.11. The molecule has 9 heteroatoms. The fraction of sp³-hybridized carbons (Fsp3) is 0.524. The minimum Gasteiger partial charge on any atom is -0.467 e. The summed E-state index contributed by atoms with van der Waals surface area (Å²) in [6.07, 6.45) is -0.308. The Bertz CT molecular complexity index is 749. The van der Waals surface area contributed by atoms with Crippen LogP contribution in [0.2, 0.25) is 0 Å². The Labute approximate surface area is 183 Å². The molecule has 0 fully saturated rings. The van der Waals surface area contributed by atoms with Gasteiger partial charge in [0.1, 0.15) is 17.7 Å². The zero-order valence-electron chi connectivity index (χ0n) is 18.3. The average Bonchev–Trinajstić information content (AvgIpc) is 2.65. The molecule has 3 N–H and O–H groups in total. The van der Waals surface area contributed by atoms with Crippen LogP contribution in [0.25, 0.3) is 0 Å². The number of hydrogen-bond acceptors (Lipinski definition) is 6. The quantitative estimate of drug-likeness (QED) is 0.422. The molecule has 0 aliphatic heterocycles. The van der Waals surface area contributed by atoms with E-state index in [0.717, 1.165) is 5.56 Å². The van der Waals surface area contributed by atoms with Crippen LogP contribution in [0.5, 0.6) is 0 Å². The van der Waals surface area contributed by atoms with Crippen LogP contribution < -0.4 is 16.0 Å². The number of alkyl carbamates (subject to hydrolysis) is 1. The number of amides is 2. The van der Waals surface area contributed by atoms with Crippen molar-refractivity contribution < 1.29 is 23.9 Å². The summed E-state index contributed by atoms with van der Waals surface area (Å²) in [7, 11) is 1.27. The summed E-state index contributed by atoms with van der Waals surface area (Å²) in [6.45, 7) is 8.56. The first kappa shape index (κ1) is 25.4. The number of ether oxygens (including phenoxy) is 2. The number of benzene rings is 1. The smallest absolute Gasteiger partial charge is 0.408 e. The van der Waals surface area contributed by atoms with Crippen molar-refractivity contribution in [1.82, 2.24) is 16.0 Å². The molecular formula is C21H31N3O5S. The van der Waals surface area contributed by atoms with E-state index in [2.05, 4.69) is 16.0 Å². The number of carbonyl (C=O) groups excluding carboxylic acids is 3. The van der Waals surface area contributed by atoms with Crippen LogP contribution in [-0.4, -0.2) is 53.8 Å². The molecule has 3 atom stereocenters. The second-order valence-corrected chi connectivity index (χ2v) is 8.31. The highest BCUT2D eigenvalue weighted by Crippen LogP contribution is 2.07. The van der Waals surface area contributed by atoms with E-state index in [9.17, 15) is 14.4 Å². The lowest BCUT2D eigenvalue weighted by Gasteiger charge is -2.24. The van der Waals surface area contributed by atoms with Gasteiger partial charge in [0.25, 0.3) is 0 Å². The molecule has 0 spiro atoms. The van der Waals surface area contributed by atoms with Crippen molar-refractivity contribution in [3.8, 4) is 0 Å². The zero-order valence-corrected chi connectivity index (χ0v) is 19.1. The van der Waals surface area contributed by atoms with Gasteiger partial charge in [0.05, 0.1) is 18.1 Å². The highest BCUT2D eigenvalue weighted by molar-refractivity contribution is 7.80. The predicted molar refractivity (Wildman–Crippen MR) is 118 cm³/mol. The number of nitrogens with one attached hydrogen (secondary N) is 3. The van der Waals surface area contributed by atoms with Gasteiger partial charge in [-0.1, -0.05) is 42.5 Å². The maximum atomic E-state index is 12.6. The lowest BCUT2D eigenvalue weighted by molar-refractivity contribution is -0.145. The van der Waals surface area contributed by atoms with E-state index in [1.165, 1.54) is 7.11 Å². The molecule has 1 aromatic carbocycles. The van der Waals surface area contributed by atoms with Gasteiger partial charge < -0.3 is 25.4 Å². The molecule has 0 radical (unpaired) electrons. The molecule has 0 aliphatic carbocycles. The standard InChI is InChI=1S/C21H31N3O5S/c1-13(22-18(30)14(2)23-20(27)29-21(3,4)5)17(25)24-16(19(26)28-6)12-15-10-8-7-9-11-15/h7-11,13-14,16H,12H2,1-6H3,(H,22,30)(H,23,27)(H,24,25)/t13-,14-,16-/m0/s1. The summed E-state index contributed by atoms with van der Waals surface area (Å²) in [5.74, 6) is -0.963. The summed E-state index contributed by atoms with van der Waals surface area (Å²) >= 11 is 5.27. The Balaban J connectivity index is 2.64. The number of rotatable bonds is 8. The average molecular weight is 438 g/mol. The maximum absolute atomic E-state index is 12.6. The number of thiocarbonyl (C=S) groups is 1. The van der Waals surface area contributed by atoms with Crippen molar-refractivity contribution in [3.05, 3.63) is 35.9 Å². The van der Waals surface area contributed by atoms with Crippen LogP contribution in [-0.2, 0) is 25.5 Å². The van der Waals surface area contributed by atoms with Gasteiger partial charge >= 0.3 is 12.1 Å². The first-order valence-corrected chi connectivity index (χ1v) is 10.1. The third-order valence-electron chi connectivity index (χ3n) is 3.96. The molecular weight excluding hydrogens is 406 g/mol. The van der Waals surface area contributed by atoms with Gasteiger partial charge in [-0.05, 0) is 40.2 Å². The molecule has 1 aromatic rings. The van der Waals surface area contributed by atoms with E-state index in [4.69, 9.17) is 21.7 Å². The maximum Gasteiger partial charge on any atom is 0.408 e. The molecule has 1 rings (SSSR count). The summed E-state index contributed by atoms with van der Waals surface area (Å²) in [6, 6.07) is 7.19.